The third-order valence-electron chi connectivity index (χ3n) is 6.41. The van der Waals surface area contributed by atoms with Crippen molar-refractivity contribution in [3.8, 4) is 0 Å². The lowest BCUT2D eigenvalue weighted by atomic mass is 9.80. The first-order valence-corrected chi connectivity index (χ1v) is 10.1. The Morgan fingerprint density at radius 2 is 1.81 bits per heavy atom. The molecule has 1 aromatic carbocycles. The highest BCUT2D eigenvalue weighted by Crippen LogP contribution is 2.43. The molecule has 3 saturated heterocycles. The molecule has 27 heavy (non-hydrogen) atoms. The van der Waals surface area contributed by atoms with Crippen LogP contribution >= 0.6 is 0 Å². The van der Waals surface area contributed by atoms with E-state index in [0.717, 1.165) is 50.9 Å². The van der Waals surface area contributed by atoms with Gasteiger partial charge in [0.1, 0.15) is 6.10 Å². The van der Waals surface area contributed by atoms with Crippen molar-refractivity contribution in [2.45, 2.75) is 50.7 Å². The molecular weight excluding hydrogens is 342 g/mol. The summed E-state index contributed by atoms with van der Waals surface area (Å²) in [6.07, 6.45) is 4.41. The second-order valence-electron chi connectivity index (χ2n) is 8.14. The molecule has 3 atom stereocenters. The zero-order chi connectivity index (χ0) is 18.9. The number of nitrogens with one attached hydrogen (secondary N) is 1. The van der Waals surface area contributed by atoms with Crippen LogP contribution in [0.3, 0.4) is 0 Å². The highest BCUT2D eigenvalue weighted by molar-refractivity contribution is 5.89. The molecule has 0 saturated carbocycles. The number of urea groups is 1. The van der Waals surface area contributed by atoms with E-state index in [-0.39, 0.29) is 29.6 Å². The third kappa shape index (κ3) is 3.68. The van der Waals surface area contributed by atoms with Crippen LogP contribution in [0.15, 0.2) is 30.3 Å². The van der Waals surface area contributed by atoms with E-state index in [9.17, 15) is 9.59 Å². The molecule has 6 nitrogen and oxygen atoms in total. The van der Waals surface area contributed by atoms with E-state index in [0.29, 0.717) is 13.1 Å². The van der Waals surface area contributed by atoms with Gasteiger partial charge >= 0.3 is 6.03 Å². The lowest BCUT2D eigenvalue weighted by Gasteiger charge is -2.44. The molecule has 1 N–H and O–H groups in total. The molecule has 3 aliphatic heterocycles. The van der Waals surface area contributed by atoms with E-state index >= 15 is 0 Å². The number of carbonyl (C=O) groups excluding carboxylic acids is 2. The summed E-state index contributed by atoms with van der Waals surface area (Å²) in [5.74, 6) is 0.380. The Balaban J connectivity index is 1.34. The maximum Gasteiger partial charge on any atom is 0.321 e. The monoisotopic (exact) mass is 371 g/mol. The molecule has 1 spiro atoms. The fourth-order valence-electron chi connectivity index (χ4n) is 4.71. The van der Waals surface area contributed by atoms with Crippen LogP contribution in [0.25, 0.3) is 0 Å². The van der Waals surface area contributed by atoms with Crippen molar-refractivity contribution in [3.63, 3.8) is 0 Å². The third-order valence-corrected chi connectivity index (χ3v) is 6.41. The fraction of sp³-hybridized carbons (Fsp3) is 0.619. The smallest absolute Gasteiger partial charge is 0.321 e. The number of amides is 3. The first kappa shape index (κ1) is 18.3. The quantitative estimate of drug-likeness (QED) is 0.869. The zero-order valence-electron chi connectivity index (χ0n) is 16.0. The number of carbonyl (C=O) groups is 2. The van der Waals surface area contributed by atoms with E-state index in [4.69, 9.17) is 4.74 Å². The Labute approximate surface area is 160 Å². The van der Waals surface area contributed by atoms with Crippen LogP contribution in [0.4, 0.5) is 10.5 Å². The Hall–Kier alpha value is -2.08. The van der Waals surface area contributed by atoms with Crippen molar-refractivity contribution >= 4 is 17.6 Å². The molecule has 0 unspecified atom stereocenters. The second kappa shape index (κ2) is 7.50. The number of nitrogens with zero attached hydrogens (tertiary/aromatic N) is 2. The summed E-state index contributed by atoms with van der Waals surface area (Å²) in [4.78, 5) is 29.1. The number of hydrogen-bond acceptors (Lipinski definition) is 3. The summed E-state index contributed by atoms with van der Waals surface area (Å²) < 4.78 is 6.37. The van der Waals surface area contributed by atoms with Crippen molar-refractivity contribution < 1.29 is 14.3 Å². The minimum atomic E-state index is -0.296. The standard InChI is InChI=1S/C21H29N3O3/c1-16-15-24(20(26)22-17-7-3-2-4-8-17)14-11-21(16)10-9-18(27-21)19(25)23-12-5-6-13-23/h2-4,7-8,16,18H,5-6,9-15H2,1H3,(H,22,26)/t16-,18+,21+/m1/s1. The van der Waals surface area contributed by atoms with Gasteiger partial charge in [0.25, 0.3) is 5.91 Å². The number of rotatable bonds is 2. The first-order chi connectivity index (χ1) is 13.1. The van der Waals surface area contributed by atoms with Crippen molar-refractivity contribution in [2.75, 3.05) is 31.5 Å². The van der Waals surface area contributed by atoms with Crippen molar-refractivity contribution in [3.05, 3.63) is 30.3 Å². The van der Waals surface area contributed by atoms with Gasteiger partial charge in [-0.3, -0.25) is 4.79 Å². The number of likely N-dealkylation sites (tertiary alicyclic amines) is 2. The van der Waals surface area contributed by atoms with Crippen LogP contribution in [0, 0.1) is 5.92 Å². The SMILES string of the molecule is C[C@@H]1CN(C(=O)Nc2ccccc2)CC[C@@]12CC[C@@H](C(=O)N1CCCC1)O2. The number of para-hydroxylation sites is 1. The lowest BCUT2D eigenvalue weighted by Crippen LogP contribution is -2.54. The summed E-state index contributed by atoms with van der Waals surface area (Å²) in [7, 11) is 0. The van der Waals surface area contributed by atoms with Crippen LogP contribution in [-0.4, -0.2) is 59.6 Å². The van der Waals surface area contributed by atoms with E-state index in [2.05, 4.69) is 12.2 Å². The van der Waals surface area contributed by atoms with Gasteiger partial charge in [0, 0.05) is 37.8 Å². The Morgan fingerprint density at radius 1 is 1.07 bits per heavy atom. The number of hydrogen-bond donors (Lipinski definition) is 1. The van der Waals surface area contributed by atoms with Gasteiger partial charge < -0.3 is 19.9 Å². The number of anilines is 1. The highest BCUT2D eigenvalue weighted by Gasteiger charge is 2.50. The molecule has 3 aliphatic rings. The number of piperidine rings is 1. The van der Waals surface area contributed by atoms with Crippen molar-refractivity contribution in [2.24, 2.45) is 5.92 Å². The molecule has 4 rings (SSSR count). The highest BCUT2D eigenvalue weighted by atomic mass is 16.5. The molecule has 3 amide bonds. The van der Waals surface area contributed by atoms with Gasteiger partial charge in [0.15, 0.2) is 0 Å². The second-order valence-corrected chi connectivity index (χ2v) is 8.14. The van der Waals surface area contributed by atoms with Crippen molar-refractivity contribution in [1.29, 1.82) is 0 Å². The molecule has 6 heteroatoms. The first-order valence-electron chi connectivity index (χ1n) is 10.1. The summed E-state index contributed by atoms with van der Waals surface area (Å²) in [5.41, 5.74) is 0.549. The summed E-state index contributed by atoms with van der Waals surface area (Å²) >= 11 is 0. The molecule has 146 valence electrons. The summed E-state index contributed by atoms with van der Waals surface area (Å²) in [6, 6.07) is 9.47. The maximum absolute atomic E-state index is 12.7. The minimum absolute atomic E-state index is 0.0643. The lowest BCUT2D eigenvalue weighted by molar-refractivity contribution is -0.154. The molecule has 0 bridgehead atoms. The fourth-order valence-corrected chi connectivity index (χ4v) is 4.71. The van der Waals surface area contributed by atoms with Gasteiger partial charge in [-0.05, 0) is 44.2 Å². The van der Waals surface area contributed by atoms with E-state index in [1.165, 1.54) is 0 Å². The molecule has 3 fully saturated rings. The molecule has 0 aromatic heterocycles. The average molecular weight is 371 g/mol. The molecule has 3 heterocycles. The Kier molecular flexibility index (Phi) is 5.08. The predicted molar refractivity (Wildman–Crippen MR) is 103 cm³/mol. The minimum Gasteiger partial charge on any atom is -0.362 e. The Morgan fingerprint density at radius 3 is 2.52 bits per heavy atom. The van der Waals surface area contributed by atoms with Gasteiger partial charge in [0.2, 0.25) is 0 Å². The van der Waals surface area contributed by atoms with E-state index < -0.39 is 0 Å². The molecule has 0 aliphatic carbocycles. The predicted octanol–water partition coefficient (Wildman–Crippen LogP) is 3.10. The van der Waals surface area contributed by atoms with Gasteiger partial charge in [-0.25, -0.2) is 4.79 Å². The largest absolute Gasteiger partial charge is 0.362 e. The van der Waals surface area contributed by atoms with E-state index in [1.54, 1.807) is 0 Å². The van der Waals surface area contributed by atoms with Crippen LogP contribution in [0.2, 0.25) is 0 Å². The Bertz CT molecular complexity index is 689. The summed E-state index contributed by atoms with van der Waals surface area (Å²) in [5, 5.41) is 2.96. The van der Waals surface area contributed by atoms with Crippen LogP contribution in [0.5, 0.6) is 0 Å². The van der Waals surface area contributed by atoms with Crippen LogP contribution in [-0.2, 0) is 9.53 Å². The van der Waals surface area contributed by atoms with Gasteiger partial charge in [-0.15, -0.1) is 0 Å². The van der Waals surface area contributed by atoms with Crippen molar-refractivity contribution in [1.82, 2.24) is 9.80 Å². The number of ether oxygens (including phenoxy) is 1. The van der Waals surface area contributed by atoms with Gasteiger partial charge in [-0.1, -0.05) is 25.1 Å². The normalized spacial score (nSPS) is 30.7. The van der Waals surface area contributed by atoms with Gasteiger partial charge in [-0.2, -0.15) is 0 Å². The molecular formula is C21H29N3O3. The van der Waals surface area contributed by atoms with E-state index in [1.807, 2.05) is 40.1 Å². The molecule has 0 radical (unpaired) electrons. The van der Waals surface area contributed by atoms with Crippen LogP contribution < -0.4 is 5.32 Å². The topological polar surface area (TPSA) is 61.9 Å². The number of benzene rings is 1. The summed E-state index contributed by atoms with van der Waals surface area (Å²) in [6.45, 7) is 5.20. The average Bonchev–Trinajstić information content (AvgIpc) is 3.35. The van der Waals surface area contributed by atoms with Gasteiger partial charge in [0.05, 0.1) is 5.60 Å². The maximum atomic E-state index is 12.7. The van der Waals surface area contributed by atoms with Crippen LogP contribution in [0.1, 0.15) is 39.0 Å². The zero-order valence-corrected chi connectivity index (χ0v) is 16.0. The molecule has 1 aromatic rings.